The van der Waals surface area contributed by atoms with Crippen LogP contribution in [-0.4, -0.2) is 16.5 Å². The zero-order valence-electron chi connectivity index (χ0n) is 20.1. The first-order valence-electron chi connectivity index (χ1n) is 10.8. The van der Waals surface area contributed by atoms with Gasteiger partial charge < -0.3 is 4.74 Å². The summed E-state index contributed by atoms with van der Waals surface area (Å²) in [6, 6.07) is 12.5. The van der Waals surface area contributed by atoms with Gasteiger partial charge in [-0.05, 0) is 53.3 Å². The van der Waals surface area contributed by atoms with Crippen molar-refractivity contribution in [3.05, 3.63) is 81.6 Å². The van der Waals surface area contributed by atoms with Crippen molar-refractivity contribution in [2.75, 3.05) is 0 Å². The molecule has 2 aromatic rings. The maximum absolute atomic E-state index is 13.0. The standard InChI is InChI=1S/C26H27N3O5/c1-25(2,3)20-15-21(22(26(4,5)6)24(31)23(20)30)34-19-13-9-17(10-14-19)28-27-16-7-11-18(12-8-16)29(32)33/h7-15H,1-6H3. The van der Waals surface area contributed by atoms with Crippen LogP contribution in [0.2, 0.25) is 0 Å². The Labute approximate surface area is 198 Å². The number of carbonyl (C=O) groups excluding carboxylic acids is 2. The summed E-state index contributed by atoms with van der Waals surface area (Å²) in [5, 5.41) is 19.0. The number of non-ortho nitro benzene ring substituents is 1. The number of hydrogen-bond donors (Lipinski definition) is 0. The van der Waals surface area contributed by atoms with Gasteiger partial charge >= 0.3 is 0 Å². The van der Waals surface area contributed by atoms with Crippen molar-refractivity contribution in [1.29, 1.82) is 0 Å². The van der Waals surface area contributed by atoms with Gasteiger partial charge in [0, 0.05) is 17.7 Å². The molecule has 2 aromatic carbocycles. The Morgan fingerprint density at radius 3 is 1.71 bits per heavy atom. The first-order valence-corrected chi connectivity index (χ1v) is 10.8. The van der Waals surface area contributed by atoms with E-state index in [0.717, 1.165) is 0 Å². The number of ether oxygens (including phenoxy) is 1. The second-order valence-electron chi connectivity index (χ2n) is 10.0. The maximum atomic E-state index is 13.0. The molecule has 8 heteroatoms. The molecule has 0 aliphatic heterocycles. The molecule has 8 nitrogen and oxygen atoms in total. The van der Waals surface area contributed by atoms with Gasteiger partial charge in [0.1, 0.15) is 11.5 Å². The molecule has 0 unspecified atom stereocenters. The van der Waals surface area contributed by atoms with Crippen LogP contribution in [0.15, 0.2) is 81.7 Å². The largest absolute Gasteiger partial charge is 0.457 e. The Hall–Kier alpha value is -3.94. The zero-order chi connectivity index (χ0) is 25.3. The minimum Gasteiger partial charge on any atom is -0.457 e. The highest BCUT2D eigenvalue weighted by molar-refractivity contribution is 6.50. The number of Topliss-reactive ketones (excluding diaryl/α,β-unsaturated/α-hetero) is 2. The van der Waals surface area contributed by atoms with Gasteiger partial charge in [-0.1, -0.05) is 41.5 Å². The molecule has 0 aromatic heterocycles. The molecule has 0 atom stereocenters. The summed E-state index contributed by atoms with van der Waals surface area (Å²) in [5.74, 6) is -0.185. The summed E-state index contributed by atoms with van der Waals surface area (Å²) < 4.78 is 6.09. The lowest BCUT2D eigenvalue weighted by Crippen LogP contribution is -2.35. The number of nitrogens with zero attached hydrogens (tertiary/aromatic N) is 3. The molecule has 1 aliphatic rings. The lowest BCUT2D eigenvalue weighted by Gasteiger charge is -2.31. The summed E-state index contributed by atoms with van der Waals surface area (Å²) in [4.78, 5) is 36.0. The number of nitro benzene ring substituents is 1. The van der Waals surface area contributed by atoms with Crippen LogP contribution in [0, 0.1) is 20.9 Å². The molecule has 0 amide bonds. The van der Waals surface area contributed by atoms with Crippen LogP contribution in [0.1, 0.15) is 41.5 Å². The van der Waals surface area contributed by atoms with Gasteiger partial charge in [0.25, 0.3) is 5.69 Å². The molecule has 0 saturated carbocycles. The lowest BCUT2D eigenvalue weighted by atomic mass is 9.73. The van der Waals surface area contributed by atoms with Crippen LogP contribution in [0.3, 0.4) is 0 Å². The molecule has 0 N–H and O–H groups in total. The Morgan fingerprint density at radius 1 is 0.765 bits per heavy atom. The maximum Gasteiger partial charge on any atom is 0.269 e. The molecular weight excluding hydrogens is 434 g/mol. The first-order chi connectivity index (χ1) is 15.8. The second-order valence-corrected chi connectivity index (χ2v) is 10.0. The fourth-order valence-corrected chi connectivity index (χ4v) is 3.43. The summed E-state index contributed by atoms with van der Waals surface area (Å²) in [5.41, 5.74) is 0.679. The van der Waals surface area contributed by atoms with Crippen LogP contribution >= 0.6 is 0 Å². The van der Waals surface area contributed by atoms with Gasteiger partial charge in [0.2, 0.25) is 11.6 Å². The SMILES string of the molecule is CC(C)(C)C1=CC(Oc2ccc(N=Nc3ccc([N+](=O)[O-])cc3)cc2)=C(C(C)(C)C)C(=O)C1=O. The van der Waals surface area contributed by atoms with Crippen molar-refractivity contribution in [1.82, 2.24) is 0 Å². The van der Waals surface area contributed by atoms with E-state index in [9.17, 15) is 19.7 Å². The highest BCUT2D eigenvalue weighted by Crippen LogP contribution is 2.39. The Morgan fingerprint density at radius 2 is 1.26 bits per heavy atom. The molecule has 0 saturated heterocycles. The second kappa shape index (κ2) is 9.13. The van der Waals surface area contributed by atoms with Crippen LogP contribution in [-0.2, 0) is 9.59 Å². The van der Waals surface area contributed by atoms with E-state index in [1.165, 1.54) is 24.3 Å². The number of hydrogen-bond acceptors (Lipinski definition) is 7. The van der Waals surface area contributed by atoms with Crippen molar-refractivity contribution in [3.8, 4) is 5.75 Å². The third kappa shape index (κ3) is 5.51. The molecule has 3 rings (SSSR count). The summed E-state index contributed by atoms with van der Waals surface area (Å²) in [6.07, 6.45) is 1.67. The van der Waals surface area contributed by atoms with Gasteiger partial charge in [0.15, 0.2) is 0 Å². The zero-order valence-corrected chi connectivity index (χ0v) is 20.1. The van der Waals surface area contributed by atoms with Crippen molar-refractivity contribution in [2.45, 2.75) is 41.5 Å². The Kier molecular flexibility index (Phi) is 6.63. The van der Waals surface area contributed by atoms with Crippen LogP contribution in [0.5, 0.6) is 5.75 Å². The highest BCUT2D eigenvalue weighted by atomic mass is 16.6. The van der Waals surface area contributed by atoms with E-state index in [0.29, 0.717) is 34.0 Å². The molecule has 0 spiro atoms. The van der Waals surface area contributed by atoms with E-state index in [4.69, 9.17) is 4.74 Å². The third-order valence-electron chi connectivity index (χ3n) is 5.16. The molecule has 34 heavy (non-hydrogen) atoms. The highest BCUT2D eigenvalue weighted by Gasteiger charge is 2.40. The van der Waals surface area contributed by atoms with Crippen molar-refractivity contribution >= 4 is 28.6 Å². The third-order valence-corrected chi connectivity index (χ3v) is 5.16. The van der Waals surface area contributed by atoms with Crippen LogP contribution < -0.4 is 4.74 Å². The van der Waals surface area contributed by atoms with E-state index < -0.39 is 27.3 Å². The number of carbonyl (C=O) groups is 2. The Balaban J connectivity index is 1.86. The summed E-state index contributed by atoms with van der Waals surface area (Å²) >= 11 is 0. The summed E-state index contributed by atoms with van der Waals surface area (Å²) in [6.45, 7) is 11.3. The first kappa shape index (κ1) is 24.7. The molecule has 1 aliphatic carbocycles. The number of azo groups is 1. The summed E-state index contributed by atoms with van der Waals surface area (Å²) in [7, 11) is 0. The monoisotopic (exact) mass is 461 g/mol. The van der Waals surface area contributed by atoms with Gasteiger partial charge in [-0.25, -0.2) is 0 Å². The molecule has 176 valence electrons. The topological polar surface area (TPSA) is 111 Å². The number of nitro groups is 1. The van der Waals surface area contributed by atoms with E-state index >= 15 is 0 Å². The predicted molar refractivity (Wildman–Crippen MR) is 128 cm³/mol. The minimum atomic E-state index is -0.582. The number of rotatable bonds is 5. The van der Waals surface area contributed by atoms with Crippen molar-refractivity contribution in [2.24, 2.45) is 21.1 Å². The fraction of sp³-hybridized carbons (Fsp3) is 0.308. The minimum absolute atomic E-state index is 0.0176. The lowest BCUT2D eigenvalue weighted by molar-refractivity contribution is -0.384. The number of allylic oxidation sites excluding steroid dienone is 3. The van der Waals surface area contributed by atoms with E-state index in [2.05, 4.69) is 10.2 Å². The Bertz CT molecular complexity index is 1220. The van der Waals surface area contributed by atoms with E-state index in [1.807, 2.05) is 41.5 Å². The average molecular weight is 462 g/mol. The molecule has 0 radical (unpaired) electrons. The molecule has 0 fully saturated rings. The predicted octanol–water partition coefficient (Wildman–Crippen LogP) is 6.81. The van der Waals surface area contributed by atoms with Gasteiger partial charge in [0.05, 0.1) is 21.9 Å². The molecular formula is C26H27N3O5. The van der Waals surface area contributed by atoms with Gasteiger partial charge in [-0.15, -0.1) is 0 Å². The van der Waals surface area contributed by atoms with Gasteiger partial charge in [-0.3, -0.25) is 19.7 Å². The van der Waals surface area contributed by atoms with Crippen LogP contribution in [0.4, 0.5) is 17.1 Å². The van der Waals surface area contributed by atoms with E-state index in [1.54, 1.807) is 30.3 Å². The quantitative estimate of drug-likeness (QED) is 0.160. The number of benzene rings is 2. The van der Waals surface area contributed by atoms with Gasteiger partial charge in [-0.2, -0.15) is 10.2 Å². The van der Waals surface area contributed by atoms with Crippen molar-refractivity contribution in [3.63, 3.8) is 0 Å². The van der Waals surface area contributed by atoms with E-state index in [-0.39, 0.29) is 5.69 Å². The molecule has 0 bridgehead atoms. The number of ketones is 2. The van der Waals surface area contributed by atoms with Crippen molar-refractivity contribution < 1.29 is 19.2 Å². The molecule has 0 heterocycles. The smallest absolute Gasteiger partial charge is 0.269 e. The van der Waals surface area contributed by atoms with Crippen LogP contribution in [0.25, 0.3) is 0 Å². The normalized spacial score (nSPS) is 15.1. The fourth-order valence-electron chi connectivity index (χ4n) is 3.43. The average Bonchev–Trinajstić information content (AvgIpc) is 2.74.